The lowest BCUT2D eigenvalue weighted by molar-refractivity contribution is -0.148. The largest absolute Gasteiger partial charge is 0.480 e. The van der Waals surface area contributed by atoms with E-state index in [1.165, 1.54) is 38.9 Å². The Bertz CT molecular complexity index is 1080. The summed E-state index contributed by atoms with van der Waals surface area (Å²) in [6.07, 6.45) is 2.69. The highest BCUT2D eigenvalue weighted by Gasteiger charge is 2.36. The van der Waals surface area contributed by atoms with E-state index in [4.69, 9.17) is 4.74 Å². The molecule has 3 aliphatic rings. The number of carboxylic acid groups (broad SMARTS) is 1. The van der Waals surface area contributed by atoms with E-state index in [-0.39, 0.29) is 17.7 Å². The summed E-state index contributed by atoms with van der Waals surface area (Å²) in [5, 5.41) is 12.2. The molecule has 1 saturated carbocycles. The van der Waals surface area contributed by atoms with Crippen LogP contribution < -0.4 is 5.32 Å². The minimum atomic E-state index is -0.931. The van der Waals surface area contributed by atoms with E-state index in [2.05, 4.69) is 29.6 Å². The number of nitrogens with one attached hydrogen (secondary N) is 1. The van der Waals surface area contributed by atoms with E-state index in [9.17, 15) is 19.5 Å². The summed E-state index contributed by atoms with van der Waals surface area (Å²) in [4.78, 5) is 37.9. The topological polar surface area (TPSA) is 95.9 Å². The maximum Gasteiger partial charge on any atom is 0.407 e. The van der Waals surface area contributed by atoms with Gasteiger partial charge < -0.3 is 20.1 Å². The van der Waals surface area contributed by atoms with Crippen LogP contribution in [0.25, 0.3) is 11.1 Å². The van der Waals surface area contributed by atoms with Crippen LogP contribution in [0.4, 0.5) is 4.79 Å². The van der Waals surface area contributed by atoms with Gasteiger partial charge in [0.2, 0.25) is 5.91 Å². The first-order valence-corrected chi connectivity index (χ1v) is 13.4. The monoisotopic (exact) mass is 494 g/mol. The average molecular weight is 495 g/mol. The lowest BCUT2D eigenvalue weighted by atomic mass is 9.98. The minimum Gasteiger partial charge on any atom is -0.480 e. The molecule has 35 heavy (non-hydrogen) atoms. The number of ether oxygens (including phenoxy) is 1. The highest BCUT2D eigenvalue weighted by atomic mass is 32.2. The molecule has 2 unspecified atom stereocenters. The summed E-state index contributed by atoms with van der Waals surface area (Å²) < 4.78 is 5.62. The van der Waals surface area contributed by atoms with Crippen LogP contribution in [0, 0.1) is 11.8 Å². The number of aliphatic carboxylic acids is 1. The molecule has 8 heteroatoms. The summed E-state index contributed by atoms with van der Waals surface area (Å²) in [6, 6.07) is 15.8. The molecule has 2 aliphatic carbocycles. The number of hydrogen-bond donors (Lipinski definition) is 2. The SMILES string of the molecule is O=C(NCC1CCC(CC(=O)N2CSC[C@H]2C(=O)O)C1)OCC1c2ccccc2-c2ccccc21. The number of carboxylic acids is 1. The number of benzene rings is 2. The molecule has 0 bridgehead atoms. The van der Waals surface area contributed by atoms with Crippen LogP contribution in [0.1, 0.15) is 42.7 Å². The Kier molecular flexibility index (Phi) is 7.00. The van der Waals surface area contributed by atoms with Gasteiger partial charge in [-0.15, -0.1) is 11.8 Å². The van der Waals surface area contributed by atoms with Crippen molar-refractivity contribution in [1.29, 1.82) is 0 Å². The number of hydrogen-bond acceptors (Lipinski definition) is 5. The number of fused-ring (bicyclic) bond motifs is 3. The van der Waals surface area contributed by atoms with Crippen molar-refractivity contribution in [2.45, 2.75) is 37.6 Å². The van der Waals surface area contributed by atoms with Gasteiger partial charge in [-0.25, -0.2) is 9.59 Å². The molecule has 1 saturated heterocycles. The first kappa shape index (κ1) is 23.7. The van der Waals surface area contributed by atoms with E-state index in [0.29, 0.717) is 37.1 Å². The Morgan fingerprint density at radius 1 is 1.00 bits per heavy atom. The highest BCUT2D eigenvalue weighted by Crippen LogP contribution is 2.44. The van der Waals surface area contributed by atoms with E-state index < -0.39 is 18.1 Å². The van der Waals surface area contributed by atoms with Gasteiger partial charge in [0.25, 0.3) is 0 Å². The second-order valence-electron chi connectivity index (χ2n) is 9.67. The van der Waals surface area contributed by atoms with Crippen molar-refractivity contribution in [3.05, 3.63) is 59.7 Å². The second-order valence-corrected chi connectivity index (χ2v) is 10.7. The maximum absolute atomic E-state index is 12.6. The van der Waals surface area contributed by atoms with Gasteiger partial charge in [-0.2, -0.15) is 0 Å². The molecule has 0 spiro atoms. The van der Waals surface area contributed by atoms with Gasteiger partial charge in [-0.1, -0.05) is 48.5 Å². The third-order valence-electron chi connectivity index (χ3n) is 7.48. The molecular weight excluding hydrogens is 464 g/mol. The quantitative estimate of drug-likeness (QED) is 0.595. The number of amides is 2. The van der Waals surface area contributed by atoms with Gasteiger partial charge in [-0.3, -0.25) is 4.79 Å². The summed E-state index contributed by atoms with van der Waals surface area (Å²) >= 11 is 1.49. The van der Waals surface area contributed by atoms with Crippen molar-refractivity contribution in [2.24, 2.45) is 11.8 Å². The summed E-state index contributed by atoms with van der Waals surface area (Å²) in [5.74, 6) is 0.479. The van der Waals surface area contributed by atoms with Crippen LogP contribution >= 0.6 is 11.8 Å². The third kappa shape index (κ3) is 5.03. The van der Waals surface area contributed by atoms with Gasteiger partial charge in [-0.05, 0) is 53.4 Å². The zero-order valence-corrected chi connectivity index (χ0v) is 20.3. The van der Waals surface area contributed by atoms with Crippen molar-refractivity contribution < 1.29 is 24.2 Å². The van der Waals surface area contributed by atoms with Gasteiger partial charge in [0.1, 0.15) is 12.6 Å². The minimum absolute atomic E-state index is 0.0356. The first-order valence-electron chi connectivity index (χ1n) is 12.2. The van der Waals surface area contributed by atoms with Crippen LogP contribution in [0.3, 0.4) is 0 Å². The molecular formula is C27H30N2O5S. The van der Waals surface area contributed by atoms with E-state index in [0.717, 1.165) is 19.3 Å². The Labute approximate surface area is 209 Å². The fourth-order valence-electron chi connectivity index (χ4n) is 5.68. The van der Waals surface area contributed by atoms with Crippen molar-refractivity contribution >= 4 is 29.7 Å². The molecule has 0 radical (unpaired) electrons. The Hall–Kier alpha value is -3.00. The molecule has 2 aromatic carbocycles. The Morgan fingerprint density at radius 2 is 1.66 bits per heavy atom. The number of carbonyl (C=O) groups is 3. The molecule has 2 amide bonds. The molecule has 1 aliphatic heterocycles. The van der Waals surface area contributed by atoms with E-state index in [1.54, 1.807) is 0 Å². The zero-order chi connectivity index (χ0) is 24.4. The maximum atomic E-state index is 12.6. The predicted molar refractivity (Wildman–Crippen MR) is 134 cm³/mol. The molecule has 2 fully saturated rings. The average Bonchev–Trinajstić information content (AvgIpc) is 3.59. The zero-order valence-electron chi connectivity index (χ0n) is 19.5. The van der Waals surface area contributed by atoms with Crippen LogP contribution in [-0.2, 0) is 14.3 Å². The molecule has 3 atom stereocenters. The van der Waals surface area contributed by atoms with Crippen LogP contribution in [0.5, 0.6) is 0 Å². The fraction of sp³-hybridized carbons (Fsp3) is 0.444. The lowest BCUT2D eigenvalue weighted by Gasteiger charge is -2.22. The normalized spacial score (nSPS) is 23.1. The van der Waals surface area contributed by atoms with Gasteiger partial charge in [0.05, 0.1) is 5.88 Å². The summed E-state index contributed by atoms with van der Waals surface area (Å²) in [7, 11) is 0. The molecule has 2 N–H and O–H groups in total. The van der Waals surface area contributed by atoms with Crippen molar-refractivity contribution in [3.8, 4) is 11.1 Å². The summed E-state index contributed by atoms with van der Waals surface area (Å²) in [6.45, 7) is 0.818. The number of thioether (sulfide) groups is 1. The van der Waals surface area contributed by atoms with E-state index >= 15 is 0 Å². The molecule has 184 valence electrons. The predicted octanol–water partition coefficient (Wildman–Crippen LogP) is 4.32. The standard InChI is InChI=1S/C27H30N2O5S/c30-25(29-16-35-15-24(29)26(31)32)12-17-9-10-18(11-17)13-28-27(33)34-14-23-21-7-3-1-5-19(21)20-6-2-4-8-22(20)23/h1-8,17-18,23-24H,9-16H2,(H,28,33)(H,31,32)/t17?,18?,24-/m0/s1. The molecule has 2 aromatic rings. The van der Waals surface area contributed by atoms with Crippen molar-refractivity contribution in [1.82, 2.24) is 10.2 Å². The fourth-order valence-corrected chi connectivity index (χ4v) is 6.86. The Balaban J connectivity index is 1.08. The molecule has 7 nitrogen and oxygen atoms in total. The van der Waals surface area contributed by atoms with Gasteiger partial charge >= 0.3 is 12.1 Å². The van der Waals surface area contributed by atoms with Crippen molar-refractivity contribution in [2.75, 3.05) is 24.8 Å². The first-order chi connectivity index (χ1) is 17.0. The van der Waals surface area contributed by atoms with Crippen LogP contribution in [0.2, 0.25) is 0 Å². The number of carbonyl (C=O) groups excluding carboxylic acids is 2. The van der Waals surface area contributed by atoms with Gasteiger partial charge in [0, 0.05) is 24.6 Å². The third-order valence-corrected chi connectivity index (χ3v) is 8.49. The Morgan fingerprint density at radius 3 is 2.34 bits per heavy atom. The smallest absolute Gasteiger partial charge is 0.407 e. The lowest BCUT2D eigenvalue weighted by Crippen LogP contribution is -2.42. The second kappa shape index (κ2) is 10.3. The number of alkyl carbamates (subject to hydrolysis) is 1. The van der Waals surface area contributed by atoms with Gasteiger partial charge in [0.15, 0.2) is 0 Å². The van der Waals surface area contributed by atoms with Crippen LogP contribution in [-0.4, -0.2) is 58.8 Å². The molecule has 5 rings (SSSR count). The number of nitrogens with zero attached hydrogens (tertiary/aromatic N) is 1. The van der Waals surface area contributed by atoms with Crippen LogP contribution in [0.15, 0.2) is 48.5 Å². The molecule has 1 heterocycles. The highest BCUT2D eigenvalue weighted by molar-refractivity contribution is 7.99. The number of rotatable bonds is 7. The molecule has 0 aromatic heterocycles. The summed E-state index contributed by atoms with van der Waals surface area (Å²) in [5.41, 5.74) is 4.77. The van der Waals surface area contributed by atoms with Crippen molar-refractivity contribution in [3.63, 3.8) is 0 Å². The van der Waals surface area contributed by atoms with E-state index in [1.807, 2.05) is 24.3 Å².